The molecule has 0 aliphatic rings. The van der Waals surface area contributed by atoms with Gasteiger partial charge in [0.1, 0.15) is 11.5 Å². The van der Waals surface area contributed by atoms with Crippen LogP contribution in [-0.2, 0) is 10.0 Å². The van der Waals surface area contributed by atoms with Gasteiger partial charge < -0.3 is 9.47 Å². The number of benzene rings is 2. The Kier molecular flexibility index (Phi) is 6.58. The van der Waals surface area contributed by atoms with E-state index in [1.165, 1.54) is 36.4 Å². The highest BCUT2D eigenvalue weighted by Crippen LogP contribution is 2.22. The zero-order chi connectivity index (χ0) is 18.3. The second kappa shape index (κ2) is 8.66. The maximum Gasteiger partial charge on any atom is 0.387 e. The first-order valence-corrected chi connectivity index (χ1v) is 9.19. The molecule has 1 N–H and O–H groups in total. The Morgan fingerprint density at radius 3 is 2.16 bits per heavy atom. The first-order valence-electron chi connectivity index (χ1n) is 7.71. The largest absolute Gasteiger partial charge is 0.494 e. The van der Waals surface area contributed by atoms with Gasteiger partial charge in [-0.05, 0) is 55.0 Å². The van der Waals surface area contributed by atoms with E-state index < -0.39 is 16.6 Å². The lowest BCUT2D eigenvalue weighted by Crippen LogP contribution is -2.13. The number of halogens is 2. The fraction of sp³-hybridized carbons (Fsp3) is 0.294. The van der Waals surface area contributed by atoms with Crippen molar-refractivity contribution in [1.29, 1.82) is 0 Å². The van der Waals surface area contributed by atoms with Gasteiger partial charge in [-0.25, -0.2) is 8.42 Å². The predicted octanol–water partition coefficient (Wildman–Crippen LogP) is 4.27. The SMILES string of the molecule is CCCCOc1ccc(S(=O)(=O)Nc2ccc(OC(F)F)cc2)cc1. The van der Waals surface area contributed by atoms with E-state index >= 15 is 0 Å². The van der Waals surface area contributed by atoms with Crippen LogP contribution >= 0.6 is 0 Å². The minimum atomic E-state index is -3.79. The van der Waals surface area contributed by atoms with Gasteiger partial charge in [0.2, 0.25) is 0 Å². The van der Waals surface area contributed by atoms with E-state index in [0.717, 1.165) is 12.8 Å². The van der Waals surface area contributed by atoms with Crippen molar-refractivity contribution in [2.24, 2.45) is 0 Å². The van der Waals surface area contributed by atoms with Crippen LogP contribution in [0.15, 0.2) is 53.4 Å². The second-order valence-corrected chi connectivity index (χ2v) is 6.86. The Hall–Kier alpha value is -2.35. The number of ether oxygens (including phenoxy) is 2. The van der Waals surface area contributed by atoms with Crippen LogP contribution in [0.2, 0.25) is 0 Å². The predicted molar refractivity (Wildman–Crippen MR) is 90.7 cm³/mol. The Balaban J connectivity index is 2.03. The van der Waals surface area contributed by atoms with E-state index in [2.05, 4.69) is 16.4 Å². The van der Waals surface area contributed by atoms with E-state index in [1.54, 1.807) is 12.1 Å². The van der Waals surface area contributed by atoms with Gasteiger partial charge in [-0.3, -0.25) is 4.72 Å². The summed E-state index contributed by atoms with van der Waals surface area (Å²) in [7, 11) is -3.79. The molecule has 0 amide bonds. The monoisotopic (exact) mass is 371 g/mol. The van der Waals surface area contributed by atoms with Crippen molar-refractivity contribution in [3.63, 3.8) is 0 Å². The van der Waals surface area contributed by atoms with Gasteiger partial charge in [0, 0.05) is 5.69 Å². The van der Waals surface area contributed by atoms with E-state index in [1.807, 2.05) is 0 Å². The Morgan fingerprint density at radius 2 is 1.60 bits per heavy atom. The molecule has 0 saturated heterocycles. The van der Waals surface area contributed by atoms with Crippen molar-refractivity contribution in [2.75, 3.05) is 11.3 Å². The van der Waals surface area contributed by atoms with Gasteiger partial charge in [-0.2, -0.15) is 8.78 Å². The fourth-order valence-electron chi connectivity index (χ4n) is 1.97. The molecular formula is C17H19F2NO4S. The molecule has 0 aliphatic carbocycles. The molecule has 8 heteroatoms. The Labute approximate surface area is 145 Å². The average Bonchev–Trinajstić information content (AvgIpc) is 2.57. The summed E-state index contributed by atoms with van der Waals surface area (Å²) in [5, 5.41) is 0. The summed E-state index contributed by atoms with van der Waals surface area (Å²) in [6, 6.07) is 11.3. The van der Waals surface area contributed by atoms with Crippen LogP contribution in [0.25, 0.3) is 0 Å². The van der Waals surface area contributed by atoms with Crippen LogP contribution in [0.5, 0.6) is 11.5 Å². The van der Waals surface area contributed by atoms with E-state index in [-0.39, 0.29) is 16.3 Å². The molecule has 0 aromatic heterocycles. The van der Waals surface area contributed by atoms with Crippen molar-refractivity contribution < 1.29 is 26.7 Å². The van der Waals surface area contributed by atoms with Gasteiger partial charge in [0.15, 0.2) is 0 Å². The number of unbranched alkanes of at least 4 members (excludes halogenated alkanes) is 1. The lowest BCUT2D eigenvalue weighted by atomic mass is 10.3. The number of hydrogen-bond donors (Lipinski definition) is 1. The zero-order valence-electron chi connectivity index (χ0n) is 13.6. The molecule has 0 radical (unpaired) electrons. The second-order valence-electron chi connectivity index (χ2n) is 5.18. The van der Waals surface area contributed by atoms with Gasteiger partial charge in [-0.1, -0.05) is 13.3 Å². The third kappa shape index (κ3) is 5.90. The minimum Gasteiger partial charge on any atom is -0.494 e. The topological polar surface area (TPSA) is 64.6 Å². The van der Waals surface area contributed by atoms with Crippen LogP contribution in [0, 0.1) is 0 Å². The number of alkyl halides is 2. The molecule has 136 valence electrons. The van der Waals surface area contributed by atoms with E-state index in [9.17, 15) is 17.2 Å². The quantitative estimate of drug-likeness (QED) is 0.669. The summed E-state index contributed by atoms with van der Waals surface area (Å²) < 4.78 is 60.9. The molecule has 0 atom stereocenters. The lowest BCUT2D eigenvalue weighted by Gasteiger charge is -2.10. The van der Waals surface area contributed by atoms with E-state index in [0.29, 0.717) is 12.4 Å². The summed E-state index contributed by atoms with van der Waals surface area (Å²) in [4.78, 5) is 0.0725. The summed E-state index contributed by atoms with van der Waals surface area (Å²) in [5.74, 6) is 0.549. The first kappa shape index (κ1) is 19.0. The Morgan fingerprint density at radius 1 is 1.00 bits per heavy atom. The molecule has 0 unspecified atom stereocenters. The highest BCUT2D eigenvalue weighted by Gasteiger charge is 2.14. The maximum absolute atomic E-state index is 12.3. The molecule has 5 nitrogen and oxygen atoms in total. The molecule has 2 rings (SSSR count). The standard InChI is InChI=1S/C17H19F2NO4S/c1-2-3-12-23-14-8-10-16(11-9-14)25(21,22)20-13-4-6-15(7-5-13)24-17(18)19/h4-11,17,20H,2-3,12H2,1H3. The van der Waals surface area contributed by atoms with Crippen molar-refractivity contribution >= 4 is 15.7 Å². The number of hydrogen-bond acceptors (Lipinski definition) is 4. The number of rotatable bonds is 9. The van der Waals surface area contributed by atoms with Crippen LogP contribution < -0.4 is 14.2 Å². The molecule has 0 fully saturated rings. The van der Waals surface area contributed by atoms with Gasteiger partial charge in [0.25, 0.3) is 10.0 Å². The van der Waals surface area contributed by atoms with Crippen LogP contribution in [-0.4, -0.2) is 21.6 Å². The van der Waals surface area contributed by atoms with Gasteiger partial charge in [-0.15, -0.1) is 0 Å². The van der Waals surface area contributed by atoms with Crippen molar-refractivity contribution in [2.45, 2.75) is 31.3 Å². The molecule has 0 spiro atoms. The molecule has 0 heterocycles. The van der Waals surface area contributed by atoms with E-state index in [4.69, 9.17) is 4.74 Å². The number of sulfonamides is 1. The van der Waals surface area contributed by atoms with Crippen LogP contribution in [0.3, 0.4) is 0 Å². The summed E-state index contributed by atoms with van der Waals surface area (Å²) >= 11 is 0. The third-order valence-electron chi connectivity index (χ3n) is 3.23. The molecule has 2 aromatic carbocycles. The highest BCUT2D eigenvalue weighted by molar-refractivity contribution is 7.92. The van der Waals surface area contributed by atoms with Crippen molar-refractivity contribution in [3.05, 3.63) is 48.5 Å². The molecular weight excluding hydrogens is 352 g/mol. The summed E-state index contributed by atoms with van der Waals surface area (Å²) in [6.45, 7) is -0.300. The normalized spacial score (nSPS) is 11.4. The Bertz CT molecular complexity index is 762. The minimum absolute atomic E-state index is 0.0495. The summed E-state index contributed by atoms with van der Waals surface area (Å²) in [5.41, 5.74) is 0.241. The van der Waals surface area contributed by atoms with Gasteiger partial charge >= 0.3 is 6.61 Å². The third-order valence-corrected chi connectivity index (χ3v) is 4.63. The fourth-order valence-corrected chi connectivity index (χ4v) is 3.03. The average molecular weight is 371 g/mol. The lowest BCUT2D eigenvalue weighted by molar-refractivity contribution is -0.0498. The smallest absolute Gasteiger partial charge is 0.387 e. The first-order chi connectivity index (χ1) is 11.9. The molecule has 25 heavy (non-hydrogen) atoms. The van der Waals surface area contributed by atoms with Crippen molar-refractivity contribution in [1.82, 2.24) is 0 Å². The van der Waals surface area contributed by atoms with Crippen molar-refractivity contribution in [3.8, 4) is 11.5 Å². The number of anilines is 1. The zero-order valence-corrected chi connectivity index (χ0v) is 14.4. The van der Waals surface area contributed by atoms with Crippen LogP contribution in [0.1, 0.15) is 19.8 Å². The molecule has 2 aromatic rings. The summed E-state index contributed by atoms with van der Waals surface area (Å²) in [6.07, 6.45) is 1.93. The molecule has 0 bridgehead atoms. The highest BCUT2D eigenvalue weighted by atomic mass is 32.2. The van der Waals surface area contributed by atoms with Gasteiger partial charge in [0.05, 0.1) is 11.5 Å². The molecule has 0 aliphatic heterocycles. The maximum atomic E-state index is 12.3. The number of nitrogens with one attached hydrogen (secondary N) is 1. The van der Waals surface area contributed by atoms with Crippen LogP contribution in [0.4, 0.5) is 14.5 Å². The molecule has 0 saturated carbocycles.